The minimum Gasteiger partial charge on any atom is -0.329 e. The first-order valence-electron chi connectivity index (χ1n) is 4.97. The van der Waals surface area contributed by atoms with Gasteiger partial charge in [0.25, 0.3) is 0 Å². The van der Waals surface area contributed by atoms with E-state index in [9.17, 15) is 8.42 Å². The van der Waals surface area contributed by atoms with Gasteiger partial charge in [-0.3, -0.25) is 0 Å². The molecule has 1 aliphatic rings. The maximum atomic E-state index is 11.1. The molecule has 0 amide bonds. The first kappa shape index (κ1) is 11.9. The van der Waals surface area contributed by atoms with E-state index in [1.54, 1.807) is 0 Å². The molecule has 0 aromatic rings. The number of sulfone groups is 1. The molecule has 84 valence electrons. The Hall–Kier alpha value is -0.170. The predicted molar refractivity (Wildman–Crippen MR) is 57.0 cm³/mol. The van der Waals surface area contributed by atoms with Gasteiger partial charge in [-0.25, -0.2) is 8.42 Å². The quantitative estimate of drug-likeness (QED) is 0.539. The average Bonchev–Trinajstić information content (AvgIpc) is 2.15. The molecule has 14 heavy (non-hydrogen) atoms. The molecule has 3 N–H and O–H groups in total. The third kappa shape index (κ3) is 4.36. The van der Waals surface area contributed by atoms with Crippen LogP contribution >= 0.6 is 0 Å². The fraction of sp³-hybridized carbons (Fsp3) is 1.00. The van der Waals surface area contributed by atoms with E-state index >= 15 is 0 Å². The van der Waals surface area contributed by atoms with Gasteiger partial charge in [0.05, 0.1) is 11.5 Å². The zero-order valence-electron chi connectivity index (χ0n) is 8.41. The van der Waals surface area contributed by atoms with Crippen molar-refractivity contribution in [1.82, 2.24) is 10.2 Å². The highest BCUT2D eigenvalue weighted by Crippen LogP contribution is 2.02. The Morgan fingerprint density at radius 3 is 2.43 bits per heavy atom. The molecule has 0 aromatic heterocycles. The molecule has 6 heteroatoms. The first-order valence-corrected chi connectivity index (χ1v) is 6.80. The zero-order valence-corrected chi connectivity index (χ0v) is 9.22. The number of nitrogens with one attached hydrogen (secondary N) is 1. The van der Waals surface area contributed by atoms with Gasteiger partial charge in [0.2, 0.25) is 0 Å². The van der Waals surface area contributed by atoms with Crippen molar-refractivity contribution in [2.75, 3.05) is 50.8 Å². The second-order valence-electron chi connectivity index (χ2n) is 3.53. The van der Waals surface area contributed by atoms with E-state index in [0.717, 1.165) is 19.6 Å². The van der Waals surface area contributed by atoms with Crippen LogP contribution in [0.3, 0.4) is 0 Å². The van der Waals surface area contributed by atoms with Crippen molar-refractivity contribution in [1.29, 1.82) is 0 Å². The second kappa shape index (κ2) is 5.65. The zero-order chi connectivity index (χ0) is 10.4. The van der Waals surface area contributed by atoms with Crippen LogP contribution in [0.1, 0.15) is 0 Å². The molecule has 0 atom stereocenters. The average molecular weight is 221 g/mol. The third-order valence-electron chi connectivity index (χ3n) is 2.36. The molecule has 0 bridgehead atoms. The highest BCUT2D eigenvalue weighted by Gasteiger charge is 2.20. The van der Waals surface area contributed by atoms with Gasteiger partial charge >= 0.3 is 0 Å². The third-order valence-corrected chi connectivity index (χ3v) is 3.97. The van der Waals surface area contributed by atoms with Gasteiger partial charge in [-0.15, -0.1) is 0 Å². The van der Waals surface area contributed by atoms with Crippen molar-refractivity contribution in [3.8, 4) is 0 Å². The van der Waals surface area contributed by atoms with E-state index in [0.29, 0.717) is 31.1 Å². The summed E-state index contributed by atoms with van der Waals surface area (Å²) in [6.07, 6.45) is 0. The van der Waals surface area contributed by atoms with Crippen molar-refractivity contribution in [2.45, 2.75) is 0 Å². The van der Waals surface area contributed by atoms with Crippen LogP contribution in [0.5, 0.6) is 0 Å². The van der Waals surface area contributed by atoms with Crippen LogP contribution in [-0.4, -0.2) is 64.1 Å². The topological polar surface area (TPSA) is 75.4 Å². The summed E-state index contributed by atoms with van der Waals surface area (Å²) in [5.74, 6) is 0.619. The molecule has 0 spiro atoms. The van der Waals surface area contributed by atoms with Crippen LogP contribution in [0.4, 0.5) is 0 Å². The summed E-state index contributed by atoms with van der Waals surface area (Å²) in [7, 11) is -2.73. The number of nitrogens with zero attached hydrogens (tertiary/aromatic N) is 1. The first-order chi connectivity index (χ1) is 6.64. The molecule has 0 saturated carbocycles. The lowest BCUT2D eigenvalue weighted by Gasteiger charge is -2.26. The van der Waals surface area contributed by atoms with Gasteiger partial charge in [0.1, 0.15) is 0 Å². The lowest BCUT2D eigenvalue weighted by atomic mass is 10.4. The molecule has 0 aliphatic carbocycles. The van der Waals surface area contributed by atoms with Crippen LogP contribution in [-0.2, 0) is 9.84 Å². The number of hydrogen-bond acceptors (Lipinski definition) is 5. The SMILES string of the molecule is NCCNCCN1CCS(=O)(=O)CC1. The molecule has 1 saturated heterocycles. The van der Waals surface area contributed by atoms with E-state index in [2.05, 4.69) is 10.2 Å². The summed E-state index contributed by atoms with van der Waals surface area (Å²) in [6, 6.07) is 0. The number of hydrogen-bond donors (Lipinski definition) is 2. The Balaban J connectivity index is 2.10. The van der Waals surface area contributed by atoms with Gasteiger partial charge in [0.15, 0.2) is 9.84 Å². The van der Waals surface area contributed by atoms with Crippen LogP contribution in [0.15, 0.2) is 0 Å². The largest absolute Gasteiger partial charge is 0.329 e. The summed E-state index contributed by atoms with van der Waals surface area (Å²) in [5.41, 5.74) is 5.33. The summed E-state index contributed by atoms with van der Waals surface area (Å²) in [5, 5.41) is 3.19. The van der Waals surface area contributed by atoms with Crippen molar-refractivity contribution in [3.63, 3.8) is 0 Å². The molecule has 0 unspecified atom stereocenters. The molecule has 1 fully saturated rings. The summed E-state index contributed by atoms with van der Waals surface area (Å²) in [4.78, 5) is 2.17. The monoisotopic (exact) mass is 221 g/mol. The molecule has 1 aliphatic heterocycles. The highest BCUT2D eigenvalue weighted by molar-refractivity contribution is 7.91. The minimum atomic E-state index is -2.73. The minimum absolute atomic E-state index is 0.309. The van der Waals surface area contributed by atoms with E-state index in [4.69, 9.17) is 5.73 Å². The molecule has 1 rings (SSSR count). The van der Waals surface area contributed by atoms with Crippen LogP contribution in [0.2, 0.25) is 0 Å². The molecule has 1 heterocycles. The van der Waals surface area contributed by atoms with Crippen molar-refractivity contribution < 1.29 is 8.42 Å². The van der Waals surface area contributed by atoms with Crippen molar-refractivity contribution >= 4 is 9.84 Å². The van der Waals surface area contributed by atoms with Gasteiger partial charge in [0, 0.05) is 39.3 Å². The fourth-order valence-electron chi connectivity index (χ4n) is 1.44. The Labute approximate surface area is 85.6 Å². The maximum absolute atomic E-state index is 11.1. The Kier molecular flexibility index (Phi) is 4.80. The lowest BCUT2D eigenvalue weighted by molar-refractivity contribution is 0.295. The van der Waals surface area contributed by atoms with Crippen molar-refractivity contribution in [3.05, 3.63) is 0 Å². The molecule has 5 nitrogen and oxygen atoms in total. The molecular formula is C8H19N3O2S. The normalized spacial score (nSPS) is 22.4. The fourth-order valence-corrected chi connectivity index (χ4v) is 2.71. The Bertz CT molecular complexity index is 239. The molecule has 0 aromatic carbocycles. The number of nitrogens with two attached hydrogens (primary N) is 1. The molecule has 0 radical (unpaired) electrons. The maximum Gasteiger partial charge on any atom is 0.152 e. The van der Waals surface area contributed by atoms with Gasteiger partial charge in [-0.05, 0) is 0 Å². The lowest BCUT2D eigenvalue weighted by Crippen LogP contribution is -2.43. The number of rotatable bonds is 5. The van der Waals surface area contributed by atoms with Gasteiger partial charge in [-0.2, -0.15) is 0 Å². The Morgan fingerprint density at radius 1 is 1.21 bits per heavy atom. The van der Waals surface area contributed by atoms with Crippen LogP contribution in [0, 0.1) is 0 Å². The van der Waals surface area contributed by atoms with E-state index in [1.807, 2.05) is 0 Å². The van der Waals surface area contributed by atoms with E-state index < -0.39 is 9.84 Å². The summed E-state index contributed by atoms with van der Waals surface area (Å²) < 4.78 is 22.2. The van der Waals surface area contributed by atoms with Gasteiger partial charge in [-0.1, -0.05) is 0 Å². The van der Waals surface area contributed by atoms with E-state index in [1.165, 1.54) is 0 Å². The predicted octanol–water partition coefficient (Wildman–Crippen LogP) is -1.73. The highest BCUT2D eigenvalue weighted by atomic mass is 32.2. The van der Waals surface area contributed by atoms with Crippen LogP contribution in [0.25, 0.3) is 0 Å². The second-order valence-corrected chi connectivity index (χ2v) is 5.84. The standard InChI is InChI=1S/C8H19N3O2S/c9-1-2-10-3-4-11-5-7-14(12,13)8-6-11/h10H,1-9H2. The Morgan fingerprint density at radius 2 is 1.86 bits per heavy atom. The van der Waals surface area contributed by atoms with Gasteiger partial charge < -0.3 is 16.0 Å². The smallest absolute Gasteiger partial charge is 0.152 e. The summed E-state index contributed by atoms with van der Waals surface area (Å²) >= 11 is 0. The molecular weight excluding hydrogens is 202 g/mol. The summed E-state index contributed by atoms with van der Waals surface area (Å²) in [6.45, 7) is 4.62. The van der Waals surface area contributed by atoms with Crippen LogP contribution < -0.4 is 11.1 Å². The van der Waals surface area contributed by atoms with E-state index in [-0.39, 0.29) is 0 Å². The van der Waals surface area contributed by atoms with Crippen molar-refractivity contribution in [2.24, 2.45) is 5.73 Å².